The summed E-state index contributed by atoms with van der Waals surface area (Å²) in [7, 11) is 1.59. The average Bonchev–Trinajstić information content (AvgIpc) is 3.40. The van der Waals surface area contributed by atoms with E-state index >= 15 is 4.39 Å². The standard InChI is InChI=1S/C27H29FN2O3S/c1-33-21-15-13-19(14-16-21)18-30(27(32)24-12-7-17-34-24)25(22-10-5-6-11-23(22)28)26(31)29-20-8-3-2-4-9-20/h5-7,10-17,20,25H,2-4,8-9,18H2,1H3,(H,29,31)/t25-/m0/s1. The molecule has 7 heteroatoms. The Morgan fingerprint density at radius 2 is 1.79 bits per heavy atom. The molecule has 0 unspecified atom stereocenters. The zero-order valence-corrected chi connectivity index (χ0v) is 20.0. The number of nitrogens with one attached hydrogen (secondary N) is 1. The normalized spacial score (nSPS) is 14.9. The molecule has 2 aromatic carbocycles. The number of thiophene rings is 1. The zero-order chi connectivity index (χ0) is 23.9. The van der Waals surface area contributed by atoms with Crippen LogP contribution >= 0.6 is 11.3 Å². The maximum absolute atomic E-state index is 15.1. The summed E-state index contributed by atoms with van der Waals surface area (Å²) in [5.41, 5.74) is 1.01. The number of rotatable bonds is 8. The predicted octanol–water partition coefficient (Wildman–Crippen LogP) is 5.73. The van der Waals surface area contributed by atoms with Gasteiger partial charge in [-0.3, -0.25) is 9.59 Å². The van der Waals surface area contributed by atoms with Gasteiger partial charge in [0.15, 0.2) is 0 Å². The summed E-state index contributed by atoms with van der Waals surface area (Å²) >= 11 is 1.30. The van der Waals surface area contributed by atoms with E-state index in [1.54, 1.807) is 37.4 Å². The summed E-state index contributed by atoms with van der Waals surface area (Å²) in [6.45, 7) is 0.151. The molecule has 0 spiro atoms. The number of carbonyl (C=O) groups is 2. The molecule has 1 heterocycles. The Hall–Kier alpha value is -3.19. The number of carbonyl (C=O) groups excluding carboxylic acids is 2. The van der Waals surface area contributed by atoms with Crippen LogP contribution in [0.3, 0.4) is 0 Å². The fourth-order valence-corrected chi connectivity index (χ4v) is 5.10. The summed E-state index contributed by atoms with van der Waals surface area (Å²) in [4.78, 5) is 29.3. The van der Waals surface area contributed by atoms with E-state index in [1.807, 2.05) is 29.6 Å². The predicted molar refractivity (Wildman–Crippen MR) is 131 cm³/mol. The number of hydrogen-bond acceptors (Lipinski definition) is 4. The van der Waals surface area contributed by atoms with Gasteiger partial charge >= 0.3 is 0 Å². The van der Waals surface area contributed by atoms with Gasteiger partial charge in [0.25, 0.3) is 5.91 Å². The van der Waals surface area contributed by atoms with Gasteiger partial charge in [-0.25, -0.2) is 4.39 Å². The number of halogens is 1. The van der Waals surface area contributed by atoms with Crippen molar-refractivity contribution in [1.82, 2.24) is 10.2 Å². The van der Waals surface area contributed by atoms with Crippen LogP contribution in [0.5, 0.6) is 5.75 Å². The molecule has 1 aromatic heterocycles. The molecule has 0 saturated heterocycles. The van der Waals surface area contributed by atoms with Crippen LogP contribution in [0.4, 0.5) is 4.39 Å². The van der Waals surface area contributed by atoms with Crippen molar-refractivity contribution < 1.29 is 18.7 Å². The first-order chi connectivity index (χ1) is 16.6. The molecule has 1 fully saturated rings. The smallest absolute Gasteiger partial charge is 0.265 e. The molecule has 178 valence electrons. The van der Waals surface area contributed by atoms with Gasteiger partial charge in [-0.15, -0.1) is 11.3 Å². The van der Waals surface area contributed by atoms with Crippen LogP contribution in [0.2, 0.25) is 0 Å². The van der Waals surface area contributed by atoms with Gasteiger partial charge in [-0.2, -0.15) is 0 Å². The molecule has 4 rings (SSSR count). The second-order valence-electron chi connectivity index (χ2n) is 8.53. The number of ether oxygens (including phenoxy) is 1. The molecular formula is C27H29FN2O3S. The van der Waals surface area contributed by atoms with Crippen molar-refractivity contribution in [3.63, 3.8) is 0 Å². The largest absolute Gasteiger partial charge is 0.497 e. The topological polar surface area (TPSA) is 58.6 Å². The van der Waals surface area contributed by atoms with Crippen LogP contribution in [0, 0.1) is 5.82 Å². The Morgan fingerprint density at radius 3 is 2.44 bits per heavy atom. The first-order valence-electron chi connectivity index (χ1n) is 11.6. The lowest BCUT2D eigenvalue weighted by molar-refractivity contribution is -0.127. The van der Waals surface area contributed by atoms with Crippen molar-refractivity contribution in [1.29, 1.82) is 0 Å². The molecule has 0 radical (unpaired) electrons. The average molecular weight is 481 g/mol. The molecule has 1 atom stereocenters. The third-order valence-electron chi connectivity index (χ3n) is 6.22. The molecule has 1 aliphatic carbocycles. The first kappa shape index (κ1) is 24.0. The van der Waals surface area contributed by atoms with Gasteiger partial charge in [-0.05, 0) is 48.1 Å². The maximum atomic E-state index is 15.1. The van der Waals surface area contributed by atoms with E-state index in [4.69, 9.17) is 4.74 Å². The molecule has 5 nitrogen and oxygen atoms in total. The maximum Gasteiger partial charge on any atom is 0.265 e. The van der Waals surface area contributed by atoms with E-state index in [0.29, 0.717) is 10.6 Å². The minimum absolute atomic E-state index is 0.0372. The van der Waals surface area contributed by atoms with E-state index in [2.05, 4.69) is 5.32 Å². The summed E-state index contributed by atoms with van der Waals surface area (Å²) in [6, 6.07) is 16.0. The van der Waals surface area contributed by atoms with Crippen LogP contribution in [0.25, 0.3) is 0 Å². The van der Waals surface area contributed by atoms with Gasteiger partial charge in [0.05, 0.1) is 12.0 Å². The van der Waals surface area contributed by atoms with Gasteiger partial charge < -0.3 is 15.0 Å². The lowest BCUT2D eigenvalue weighted by Gasteiger charge is -2.33. The SMILES string of the molecule is COc1ccc(CN(C(=O)c2cccs2)[C@H](C(=O)NC2CCCCC2)c2ccccc2F)cc1. The quantitative estimate of drug-likeness (QED) is 0.448. The molecule has 34 heavy (non-hydrogen) atoms. The Bertz CT molecular complexity index is 1100. The Morgan fingerprint density at radius 1 is 1.06 bits per heavy atom. The molecule has 3 aromatic rings. The van der Waals surface area contributed by atoms with E-state index in [-0.39, 0.29) is 30.0 Å². The van der Waals surface area contributed by atoms with Gasteiger partial charge in [0.2, 0.25) is 5.91 Å². The molecule has 1 aliphatic rings. The second kappa shape index (κ2) is 11.3. The minimum atomic E-state index is -1.10. The number of nitrogens with zero attached hydrogens (tertiary/aromatic N) is 1. The van der Waals surface area contributed by atoms with Gasteiger partial charge in [0, 0.05) is 18.2 Å². The second-order valence-corrected chi connectivity index (χ2v) is 9.47. The molecule has 0 bridgehead atoms. The fraction of sp³-hybridized carbons (Fsp3) is 0.333. The zero-order valence-electron chi connectivity index (χ0n) is 19.2. The number of amides is 2. The molecule has 0 aliphatic heterocycles. The third kappa shape index (κ3) is 5.65. The highest BCUT2D eigenvalue weighted by molar-refractivity contribution is 7.12. The van der Waals surface area contributed by atoms with Crippen LogP contribution in [0.15, 0.2) is 66.0 Å². The van der Waals surface area contributed by atoms with Crippen LogP contribution in [0.1, 0.15) is 58.9 Å². The molecular weight excluding hydrogens is 451 g/mol. The summed E-state index contributed by atoms with van der Waals surface area (Å²) in [5.74, 6) is -0.473. The lowest BCUT2D eigenvalue weighted by atomic mass is 9.94. The Labute approximate surface area is 203 Å². The molecule has 1 saturated carbocycles. The lowest BCUT2D eigenvalue weighted by Crippen LogP contribution is -2.47. The molecule has 2 amide bonds. The van der Waals surface area contributed by atoms with Crippen LogP contribution in [-0.2, 0) is 11.3 Å². The van der Waals surface area contributed by atoms with E-state index < -0.39 is 11.9 Å². The van der Waals surface area contributed by atoms with Crippen LogP contribution in [-0.4, -0.2) is 29.9 Å². The van der Waals surface area contributed by atoms with Crippen molar-refractivity contribution >= 4 is 23.2 Å². The van der Waals surface area contributed by atoms with Crippen molar-refractivity contribution in [3.05, 3.63) is 87.9 Å². The highest BCUT2D eigenvalue weighted by Crippen LogP contribution is 2.30. The number of methoxy groups -OCH3 is 1. The Kier molecular flexibility index (Phi) is 7.95. The highest BCUT2D eigenvalue weighted by Gasteiger charge is 2.35. The summed E-state index contributed by atoms with van der Waals surface area (Å²) in [6.07, 6.45) is 5.06. The minimum Gasteiger partial charge on any atom is -0.497 e. The fourth-order valence-electron chi connectivity index (χ4n) is 4.42. The van der Waals surface area contributed by atoms with Crippen molar-refractivity contribution in [2.45, 2.75) is 50.7 Å². The van der Waals surface area contributed by atoms with E-state index in [1.165, 1.54) is 22.3 Å². The van der Waals surface area contributed by atoms with Crippen molar-refractivity contribution in [3.8, 4) is 5.75 Å². The third-order valence-corrected chi connectivity index (χ3v) is 7.07. The van der Waals surface area contributed by atoms with E-state index in [9.17, 15) is 9.59 Å². The van der Waals surface area contributed by atoms with Crippen molar-refractivity contribution in [2.24, 2.45) is 0 Å². The summed E-state index contributed by atoms with van der Waals surface area (Å²) in [5, 5.41) is 4.93. The van der Waals surface area contributed by atoms with E-state index in [0.717, 1.165) is 37.7 Å². The summed E-state index contributed by atoms with van der Waals surface area (Å²) < 4.78 is 20.3. The van der Waals surface area contributed by atoms with Gasteiger partial charge in [0.1, 0.15) is 17.6 Å². The highest BCUT2D eigenvalue weighted by atomic mass is 32.1. The van der Waals surface area contributed by atoms with Crippen molar-refractivity contribution in [2.75, 3.05) is 7.11 Å². The monoisotopic (exact) mass is 480 g/mol. The number of hydrogen-bond donors (Lipinski definition) is 1. The number of benzene rings is 2. The molecule has 1 N–H and O–H groups in total. The Balaban J connectivity index is 1.73. The first-order valence-corrected chi connectivity index (χ1v) is 12.5. The van der Waals surface area contributed by atoms with Gasteiger partial charge in [-0.1, -0.05) is 55.7 Å². The van der Waals surface area contributed by atoms with Crippen LogP contribution < -0.4 is 10.1 Å².